The first-order valence-corrected chi connectivity index (χ1v) is 10.1. The minimum atomic E-state index is -3.92. The SMILES string of the molecule is COc1ccc(C)cc1S(=O)(=O)NC(C)C(=O)Nc1c(C)cc(C)cc1C. The lowest BCUT2D eigenvalue weighted by molar-refractivity contribution is -0.117. The van der Waals surface area contributed by atoms with Crippen molar-refractivity contribution in [2.75, 3.05) is 12.4 Å². The molecule has 1 amide bonds. The van der Waals surface area contributed by atoms with Gasteiger partial charge in [-0.1, -0.05) is 23.8 Å². The quantitative estimate of drug-likeness (QED) is 0.793. The van der Waals surface area contributed by atoms with Crippen LogP contribution in [0.4, 0.5) is 5.69 Å². The molecule has 2 aromatic rings. The molecule has 0 aliphatic rings. The highest BCUT2D eigenvalue weighted by Gasteiger charge is 2.25. The fourth-order valence-corrected chi connectivity index (χ4v) is 4.41. The van der Waals surface area contributed by atoms with Crippen molar-refractivity contribution in [1.29, 1.82) is 0 Å². The zero-order valence-corrected chi connectivity index (χ0v) is 17.3. The van der Waals surface area contributed by atoms with Crippen molar-refractivity contribution in [3.05, 3.63) is 52.6 Å². The number of anilines is 1. The Hall–Kier alpha value is -2.38. The summed E-state index contributed by atoms with van der Waals surface area (Å²) in [7, 11) is -2.52. The maximum atomic E-state index is 12.7. The van der Waals surface area contributed by atoms with Crippen molar-refractivity contribution in [2.45, 2.75) is 45.6 Å². The van der Waals surface area contributed by atoms with Crippen LogP contribution in [0, 0.1) is 27.7 Å². The van der Waals surface area contributed by atoms with Crippen LogP contribution in [0.25, 0.3) is 0 Å². The van der Waals surface area contributed by atoms with Gasteiger partial charge in [-0.2, -0.15) is 4.72 Å². The van der Waals surface area contributed by atoms with E-state index < -0.39 is 22.0 Å². The topological polar surface area (TPSA) is 84.5 Å². The molecule has 2 rings (SSSR count). The molecule has 0 aromatic heterocycles. The summed E-state index contributed by atoms with van der Waals surface area (Å²) < 4.78 is 33.0. The summed E-state index contributed by atoms with van der Waals surface area (Å²) in [6.07, 6.45) is 0. The van der Waals surface area contributed by atoms with Crippen LogP contribution in [0.3, 0.4) is 0 Å². The van der Waals surface area contributed by atoms with E-state index in [0.717, 1.165) is 22.3 Å². The van der Waals surface area contributed by atoms with E-state index in [-0.39, 0.29) is 10.6 Å². The second kappa shape index (κ2) is 8.10. The van der Waals surface area contributed by atoms with Gasteiger partial charge >= 0.3 is 0 Å². The molecule has 7 heteroatoms. The maximum Gasteiger partial charge on any atom is 0.244 e. The van der Waals surface area contributed by atoms with Gasteiger partial charge in [0.2, 0.25) is 15.9 Å². The first-order valence-electron chi connectivity index (χ1n) is 8.61. The molecule has 0 saturated heterocycles. The molecular weight excluding hydrogens is 364 g/mol. The molecule has 0 radical (unpaired) electrons. The number of hydrogen-bond donors (Lipinski definition) is 2. The Morgan fingerprint density at radius 2 is 1.59 bits per heavy atom. The normalized spacial score (nSPS) is 12.5. The van der Waals surface area contributed by atoms with Gasteiger partial charge in [0.15, 0.2) is 0 Å². The highest BCUT2D eigenvalue weighted by atomic mass is 32.2. The van der Waals surface area contributed by atoms with Gasteiger partial charge in [0.25, 0.3) is 0 Å². The number of methoxy groups -OCH3 is 1. The summed E-state index contributed by atoms with van der Waals surface area (Å²) in [6.45, 7) is 9.09. The first-order chi connectivity index (χ1) is 12.5. The number of benzene rings is 2. The zero-order valence-electron chi connectivity index (χ0n) is 16.5. The molecule has 0 aliphatic heterocycles. The van der Waals surface area contributed by atoms with E-state index in [4.69, 9.17) is 4.74 Å². The van der Waals surface area contributed by atoms with Crippen LogP contribution in [-0.2, 0) is 14.8 Å². The largest absolute Gasteiger partial charge is 0.495 e. The lowest BCUT2D eigenvalue weighted by atomic mass is 10.0. The minimum Gasteiger partial charge on any atom is -0.495 e. The smallest absolute Gasteiger partial charge is 0.244 e. The summed E-state index contributed by atoms with van der Waals surface area (Å²) in [5, 5.41) is 2.82. The summed E-state index contributed by atoms with van der Waals surface area (Å²) >= 11 is 0. The van der Waals surface area contributed by atoms with Crippen molar-refractivity contribution in [3.63, 3.8) is 0 Å². The molecule has 2 aromatic carbocycles. The third-order valence-electron chi connectivity index (χ3n) is 4.26. The number of rotatable bonds is 6. The molecule has 1 unspecified atom stereocenters. The van der Waals surface area contributed by atoms with Gasteiger partial charge in [-0.3, -0.25) is 4.79 Å². The number of hydrogen-bond acceptors (Lipinski definition) is 4. The molecule has 0 bridgehead atoms. The Bertz CT molecular complexity index is 945. The van der Waals surface area contributed by atoms with Crippen LogP contribution in [-0.4, -0.2) is 27.5 Å². The molecule has 27 heavy (non-hydrogen) atoms. The van der Waals surface area contributed by atoms with Crippen molar-refractivity contribution >= 4 is 21.6 Å². The number of amides is 1. The van der Waals surface area contributed by atoms with Crippen LogP contribution in [0.5, 0.6) is 5.75 Å². The lowest BCUT2D eigenvalue weighted by Crippen LogP contribution is -2.41. The highest BCUT2D eigenvalue weighted by molar-refractivity contribution is 7.89. The standard InChI is InChI=1S/C20H26N2O4S/c1-12-7-8-17(26-6)18(11-12)27(24,25)22-16(5)20(23)21-19-14(3)9-13(2)10-15(19)4/h7-11,16,22H,1-6H3,(H,21,23). The number of carbonyl (C=O) groups excluding carboxylic acids is 1. The molecule has 6 nitrogen and oxygen atoms in total. The van der Waals surface area contributed by atoms with Crippen molar-refractivity contribution in [3.8, 4) is 5.75 Å². The fourth-order valence-electron chi connectivity index (χ4n) is 2.95. The highest BCUT2D eigenvalue weighted by Crippen LogP contribution is 2.25. The third kappa shape index (κ3) is 4.87. The van der Waals surface area contributed by atoms with Gasteiger partial charge in [0, 0.05) is 5.69 Å². The van der Waals surface area contributed by atoms with Crippen LogP contribution in [0.2, 0.25) is 0 Å². The molecule has 0 aliphatic carbocycles. The Labute approximate surface area is 161 Å². The summed E-state index contributed by atoms with van der Waals surface area (Å²) in [6, 6.07) is 7.84. The number of ether oxygens (including phenoxy) is 1. The van der Waals surface area contributed by atoms with Crippen LogP contribution >= 0.6 is 0 Å². The van der Waals surface area contributed by atoms with Gasteiger partial charge in [0.1, 0.15) is 10.6 Å². The van der Waals surface area contributed by atoms with Gasteiger partial charge in [-0.25, -0.2) is 8.42 Å². The maximum absolute atomic E-state index is 12.7. The van der Waals surface area contributed by atoms with Gasteiger partial charge < -0.3 is 10.1 Å². The fraction of sp³-hybridized carbons (Fsp3) is 0.350. The number of sulfonamides is 1. The van der Waals surface area contributed by atoms with E-state index in [1.165, 1.54) is 20.1 Å². The van der Waals surface area contributed by atoms with Crippen molar-refractivity contribution < 1.29 is 17.9 Å². The molecule has 0 saturated carbocycles. The lowest BCUT2D eigenvalue weighted by Gasteiger charge is -2.18. The molecule has 0 heterocycles. The summed E-state index contributed by atoms with van der Waals surface area (Å²) in [4.78, 5) is 12.6. The average molecular weight is 391 g/mol. The van der Waals surface area contributed by atoms with Gasteiger partial charge in [-0.05, 0) is 63.4 Å². The second-order valence-corrected chi connectivity index (χ2v) is 8.44. The molecule has 0 spiro atoms. The van der Waals surface area contributed by atoms with E-state index in [1.54, 1.807) is 19.1 Å². The average Bonchev–Trinajstić information content (AvgIpc) is 2.57. The zero-order chi connectivity index (χ0) is 20.4. The van der Waals surface area contributed by atoms with Gasteiger partial charge in [0.05, 0.1) is 13.2 Å². The number of carbonyl (C=O) groups is 1. The predicted molar refractivity (Wildman–Crippen MR) is 107 cm³/mol. The van der Waals surface area contributed by atoms with Crippen molar-refractivity contribution in [2.24, 2.45) is 0 Å². The Kier molecular flexibility index (Phi) is 6.28. The molecule has 146 valence electrons. The van der Waals surface area contributed by atoms with E-state index in [0.29, 0.717) is 5.69 Å². The Morgan fingerprint density at radius 1 is 1.00 bits per heavy atom. The number of nitrogens with one attached hydrogen (secondary N) is 2. The Balaban J connectivity index is 2.22. The minimum absolute atomic E-state index is 0.00680. The second-order valence-electron chi connectivity index (χ2n) is 6.76. The Morgan fingerprint density at radius 3 is 2.15 bits per heavy atom. The van der Waals surface area contributed by atoms with E-state index in [9.17, 15) is 13.2 Å². The van der Waals surface area contributed by atoms with Crippen LogP contribution in [0.15, 0.2) is 35.2 Å². The first kappa shape index (κ1) is 20.9. The monoisotopic (exact) mass is 390 g/mol. The van der Waals surface area contributed by atoms with Crippen LogP contribution < -0.4 is 14.8 Å². The van der Waals surface area contributed by atoms with E-state index >= 15 is 0 Å². The van der Waals surface area contributed by atoms with E-state index in [1.807, 2.05) is 32.9 Å². The van der Waals surface area contributed by atoms with Crippen LogP contribution in [0.1, 0.15) is 29.2 Å². The summed E-state index contributed by atoms with van der Waals surface area (Å²) in [5.74, 6) is -0.203. The third-order valence-corrected chi connectivity index (χ3v) is 5.82. The van der Waals surface area contributed by atoms with Crippen molar-refractivity contribution in [1.82, 2.24) is 4.72 Å². The molecule has 1 atom stereocenters. The molecule has 2 N–H and O–H groups in total. The number of aryl methyl sites for hydroxylation is 4. The molecule has 0 fully saturated rings. The van der Waals surface area contributed by atoms with E-state index in [2.05, 4.69) is 10.0 Å². The molecular formula is C20H26N2O4S. The predicted octanol–water partition coefficient (Wildman–Crippen LogP) is 3.23. The van der Waals surface area contributed by atoms with Gasteiger partial charge in [-0.15, -0.1) is 0 Å². The summed E-state index contributed by atoms with van der Waals surface area (Å²) in [5.41, 5.74) is 4.43.